The molecule has 0 radical (unpaired) electrons. The van der Waals surface area contributed by atoms with Crippen molar-refractivity contribution in [3.63, 3.8) is 0 Å². The van der Waals surface area contributed by atoms with Crippen molar-refractivity contribution >= 4 is 40.0 Å². The number of benzene rings is 3. The zero-order valence-electron chi connectivity index (χ0n) is 13.7. The van der Waals surface area contributed by atoms with Crippen molar-refractivity contribution in [3.05, 3.63) is 88.4 Å². The van der Waals surface area contributed by atoms with Gasteiger partial charge in [-0.25, -0.2) is 4.98 Å². The maximum Gasteiger partial charge on any atom is 0.182 e. The maximum atomic E-state index is 12.8. The van der Waals surface area contributed by atoms with Crippen molar-refractivity contribution in [1.82, 2.24) is 9.55 Å². The third-order valence-corrected chi connectivity index (χ3v) is 4.82. The van der Waals surface area contributed by atoms with Gasteiger partial charge in [-0.1, -0.05) is 47.5 Å². The zero-order chi connectivity index (χ0) is 18.1. The number of carbonyl (C=O) groups excluding carboxylic acids is 1. The fraction of sp³-hybridized carbons (Fsp3) is 0.0476. The molecule has 26 heavy (non-hydrogen) atoms. The topological polar surface area (TPSA) is 34.9 Å². The van der Waals surface area contributed by atoms with E-state index >= 15 is 0 Å². The van der Waals surface area contributed by atoms with Gasteiger partial charge in [-0.3, -0.25) is 4.79 Å². The van der Waals surface area contributed by atoms with Gasteiger partial charge in [0.2, 0.25) is 0 Å². The summed E-state index contributed by atoms with van der Waals surface area (Å²) in [7, 11) is 0. The second-order valence-electron chi connectivity index (χ2n) is 5.92. The predicted molar refractivity (Wildman–Crippen MR) is 106 cm³/mol. The first kappa shape index (κ1) is 16.8. The normalized spacial score (nSPS) is 11.0. The van der Waals surface area contributed by atoms with Crippen LogP contribution in [0.5, 0.6) is 0 Å². The summed E-state index contributed by atoms with van der Waals surface area (Å²) >= 11 is 12.3. The molecule has 0 unspecified atom stereocenters. The molecule has 3 nitrogen and oxygen atoms in total. The summed E-state index contributed by atoms with van der Waals surface area (Å²) in [4.78, 5) is 17.5. The molecule has 1 heterocycles. The van der Waals surface area contributed by atoms with E-state index in [1.807, 2.05) is 53.1 Å². The molecular formula is C21H14Cl2N2O. The first-order valence-electron chi connectivity index (χ1n) is 8.12. The van der Waals surface area contributed by atoms with Crippen LogP contribution in [0.25, 0.3) is 22.4 Å². The lowest BCUT2D eigenvalue weighted by molar-refractivity contribution is 0.0974. The number of aromatic nitrogens is 2. The van der Waals surface area contributed by atoms with Gasteiger partial charge in [-0.2, -0.15) is 0 Å². The highest BCUT2D eigenvalue weighted by atomic mass is 35.5. The van der Waals surface area contributed by atoms with E-state index in [0.717, 1.165) is 16.6 Å². The minimum absolute atomic E-state index is 0.0156. The number of halogens is 2. The summed E-state index contributed by atoms with van der Waals surface area (Å²) in [6.07, 6.45) is 0. The first-order chi connectivity index (χ1) is 12.6. The molecule has 0 bridgehead atoms. The molecule has 0 fully saturated rings. The molecule has 0 saturated heterocycles. The van der Waals surface area contributed by atoms with E-state index < -0.39 is 0 Å². The summed E-state index contributed by atoms with van der Waals surface area (Å²) in [5, 5.41) is 1.20. The highest BCUT2D eigenvalue weighted by molar-refractivity contribution is 6.33. The molecule has 3 aromatic carbocycles. The Hall–Kier alpha value is -2.62. The van der Waals surface area contributed by atoms with Gasteiger partial charge < -0.3 is 4.57 Å². The van der Waals surface area contributed by atoms with E-state index in [1.54, 1.807) is 24.3 Å². The molecule has 4 aromatic rings. The Kier molecular flexibility index (Phi) is 4.49. The largest absolute Gasteiger partial charge is 0.316 e. The second kappa shape index (κ2) is 6.94. The minimum atomic E-state index is -0.0156. The third-order valence-electron chi connectivity index (χ3n) is 4.24. The number of nitrogens with zero attached hydrogens (tertiary/aromatic N) is 2. The van der Waals surface area contributed by atoms with E-state index in [1.165, 1.54) is 0 Å². The summed E-state index contributed by atoms with van der Waals surface area (Å²) in [6.45, 7) is 0.169. The monoisotopic (exact) mass is 380 g/mol. The van der Waals surface area contributed by atoms with Crippen LogP contribution in [0, 0.1) is 0 Å². The van der Waals surface area contributed by atoms with Gasteiger partial charge >= 0.3 is 0 Å². The Labute approximate surface area is 160 Å². The molecule has 0 amide bonds. The van der Waals surface area contributed by atoms with Crippen molar-refractivity contribution in [2.45, 2.75) is 6.54 Å². The Bertz CT molecular complexity index is 1100. The van der Waals surface area contributed by atoms with Crippen molar-refractivity contribution in [3.8, 4) is 11.4 Å². The van der Waals surface area contributed by atoms with E-state index in [2.05, 4.69) is 0 Å². The highest BCUT2D eigenvalue weighted by Crippen LogP contribution is 2.30. The molecule has 0 aliphatic rings. The second-order valence-corrected chi connectivity index (χ2v) is 6.76. The quantitative estimate of drug-likeness (QED) is 0.413. The molecule has 1 aromatic heterocycles. The average molecular weight is 381 g/mol. The van der Waals surface area contributed by atoms with Gasteiger partial charge in [0.15, 0.2) is 5.78 Å². The third kappa shape index (κ3) is 3.12. The van der Waals surface area contributed by atoms with Gasteiger partial charge in [0.1, 0.15) is 5.82 Å². The van der Waals surface area contributed by atoms with E-state index in [9.17, 15) is 4.79 Å². The fourth-order valence-electron chi connectivity index (χ4n) is 2.95. The van der Waals surface area contributed by atoms with Crippen molar-refractivity contribution in [1.29, 1.82) is 0 Å². The van der Waals surface area contributed by atoms with E-state index in [-0.39, 0.29) is 12.3 Å². The molecule has 0 atom stereocenters. The molecule has 4 rings (SSSR count). The van der Waals surface area contributed by atoms with Gasteiger partial charge in [-0.15, -0.1) is 0 Å². The van der Waals surface area contributed by atoms with E-state index in [0.29, 0.717) is 21.4 Å². The fourth-order valence-corrected chi connectivity index (χ4v) is 3.30. The number of para-hydroxylation sites is 2. The molecule has 0 aliphatic heterocycles. The van der Waals surface area contributed by atoms with Crippen LogP contribution in [-0.4, -0.2) is 15.3 Å². The van der Waals surface area contributed by atoms with Gasteiger partial charge in [-0.05, 0) is 48.5 Å². The van der Waals surface area contributed by atoms with Crippen LogP contribution in [-0.2, 0) is 6.54 Å². The van der Waals surface area contributed by atoms with Crippen molar-refractivity contribution in [2.24, 2.45) is 0 Å². The number of Topliss-reactive ketones (excluding diaryl/α,β-unsaturated/α-hetero) is 1. The summed E-state index contributed by atoms with van der Waals surface area (Å²) < 4.78 is 1.91. The Balaban J connectivity index is 1.83. The number of ketones is 1. The summed E-state index contributed by atoms with van der Waals surface area (Å²) in [6, 6.07) is 22.2. The molecule has 5 heteroatoms. The van der Waals surface area contributed by atoms with Crippen LogP contribution >= 0.6 is 23.2 Å². The number of hydrogen-bond acceptors (Lipinski definition) is 2. The summed E-state index contributed by atoms with van der Waals surface area (Å²) in [5.41, 5.74) is 3.13. The minimum Gasteiger partial charge on any atom is -0.316 e. The zero-order valence-corrected chi connectivity index (χ0v) is 15.2. The van der Waals surface area contributed by atoms with Crippen molar-refractivity contribution < 1.29 is 4.79 Å². The number of imidazole rings is 1. The number of carbonyl (C=O) groups is 1. The van der Waals surface area contributed by atoms with Crippen LogP contribution in [0.15, 0.2) is 72.8 Å². The number of hydrogen-bond donors (Lipinski definition) is 0. The van der Waals surface area contributed by atoms with Crippen molar-refractivity contribution in [2.75, 3.05) is 0 Å². The van der Waals surface area contributed by atoms with Crippen LogP contribution < -0.4 is 0 Å². The van der Waals surface area contributed by atoms with Gasteiger partial charge in [0.05, 0.1) is 22.6 Å². The average Bonchev–Trinajstić information content (AvgIpc) is 3.01. The lowest BCUT2D eigenvalue weighted by Gasteiger charge is -2.10. The Morgan fingerprint density at radius 3 is 2.35 bits per heavy atom. The lowest BCUT2D eigenvalue weighted by Crippen LogP contribution is -2.11. The standard InChI is InChI=1S/C21H14Cl2N2O/c22-15-11-9-14(10-12-15)20(26)13-25-19-8-4-3-7-18(19)24-21(25)16-5-1-2-6-17(16)23/h1-12H,13H2. The Morgan fingerprint density at radius 1 is 0.885 bits per heavy atom. The van der Waals surface area contributed by atoms with Crippen LogP contribution in [0.3, 0.4) is 0 Å². The molecular weight excluding hydrogens is 367 g/mol. The van der Waals surface area contributed by atoms with Crippen LogP contribution in [0.1, 0.15) is 10.4 Å². The van der Waals surface area contributed by atoms with Crippen LogP contribution in [0.4, 0.5) is 0 Å². The maximum absolute atomic E-state index is 12.8. The number of fused-ring (bicyclic) bond motifs is 1. The van der Waals surface area contributed by atoms with Gasteiger partial charge in [0.25, 0.3) is 0 Å². The summed E-state index contributed by atoms with van der Waals surface area (Å²) in [5.74, 6) is 0.664. The SMILES string of the molecule is O=C(Cn1c(-c2ccccc2Cl)nc2ccccc21)c1ccc(Cl)cc1. The van der Waals surface area contributed by atoms with E-state index in [4.69, 9.17) is 28.2 Å². The molecule has 128 valence electrons. The number of rotatable bonds is 4. The smallest absolute Gasteiger partial charge is 0.182 e. The highest BCUT2D eigenvalue weighted by Gasteiger charge is 2.17. The molecule has 0 aliphatic carbocycles. The predicted octanol–water partition coefficient (Wildman–Crippen LogP) is 5.89. The Morgan fingerprint density at radius 2 is 1.58 bits per heavy atom. The molecule has 0 saturated carbocycles. The lowest BCUT2D eigenvalue weighted by atomic mass is 10.1. The van der Waals surface area contributed by atoms with Crippen LogP contribution in [0.2, 0.25) is 10.0 Å². The molecule has 0 N–H and O–H groups in total. The first-order valence-corrected chi connectivity index (χ1v) is 8.88. The molecule has 0 spiro atoms. The van der Waals surface area contributed by atoms with Gasteiger partial charge in [0, 0.05) is 16.1 Å².